The second-order valence-electron chi connectivity index (χ2n) is 9.82. The molecule has 4 rings (SSSR count). The van der Waals surface area contributed by atoms with E-state index in [1.165, 1.54) is 12.1 Å². The standard InChI is InChI=1S/C28H33F3N4O3/c29-28(30,31)22-11-9-20(10-12-22)17-25(36)34-14-5-4-13-32-26(37)24-18-23(19-33-24)35(16-6-15-34)27(38)21-7-2-1-3-8-21/h1-3,7-12,23-24,33H,4-6,13-19H2,(H,32,37)/t23-,24-/m0/s1. The number of carbonyl (C=O) groups excluding carboxylic acids is 3. The Morgan fingerprint density at radius 3 is 2.34 bits per heavy atom. The van der Waals surface area contributed by atoms with Crippen molar-refractivity contribution in [3.63, 3.8) is 0 Å². The van der Waals surface area contributed by atoms with Crippen LogP contribution in [0, 0.1) is 0 Å². The predicted octanol–water partition coefficient (Wildman–Crippen LogP) is 3.25. The van der Waals surface area contributed by atoms with Crippen LogP contribution < -0.4 is 10.6 Å². The average Bonchev–Trinajstić information content (AvgIpc) is 3.39. The van der Waals surface area contributed by atoms with Crippen LogP contribution in [0.25, 0.3) is 0 Å². The summed E-state index contributed by atoms with van der Waals surface area (Å²) in [6, 6.07) is 13.1. The molecule has 10 heteroatoms. The van der Waals surface area contributed by atoms with Crippen LogP contribution in [0.1, 0.15) is 47.2 Å². The zero-order valence-electron chi connectivity index (χ0n) is 21.2. The van der Waals surface area contributed by atoms with E-state index in [4.69, 9.17) is 0 Å². The maximum absolute atomic E-state index is 13.4. The van der Waals surface area contributed by atoms with Crippen molar-refractivity contribution >= 4 is 17.7 Å². The van der Waals surface area contributed by atoms with Crippen LogP contribution in [0.3, 0.4) is 0 Å². The number of rotatable bonds is 3. The number of nitrogens with one attached hydrogen (secondary N) is 2. The van der Waals surface area contributed by atoms with Crippen LogP contribution in [0.2, 0.25) is 0 Å². The minimum Gasteiger partial charge on any atom is -0.355 e. The Hall–Kier alpha value is -3.40. The molecular formula is C28H33F3N4O3. The first kappa shape index (κ1) is 27.6. The zero-order valence-corrected chi connectivity index (χ0v) is 21.2. The summed E-state index contributed by atoms with van der Waals surface area (Å²) in [5, 5.41) is 6.18. The smallest absolute Gasteiger partial charge is 0.355 e. The highest BCUT2D eigenvalue weighted by Gasteiger charge is 2.35. The van der Waals surface area contributed by atoms with Gasteiger partial charge in [0.1, 0.15) is 0 Å². The molecule has 2 aliphatic rings. The molecule has 2 aromatic carbocycles. The van der Waals surface area contributed by atoms with Crippen LogP contribution in [0.5, 0.6) is 0 Å². The Kier molecular flexibility index (Phi) is 9.04. The molecule has 2 heterocycles. The summed E-state index contributed by atoms with van der Waals surface area (Å²) in [6.07, 6.45) is -2.00. The van der Waals surface area contributed by atoms with Gasteiger partial charge in [0.05, 0.1) is 18.0 Å². The number of hydrogen-bond acceptors (Lipinski definition) is 4. The van der Waals surface area contributed by atoms with Crippen LogP contribution >= 0.6 is 0 Å². The van der Waals surface area contributed by atoms with Gasteiger partial charge in [0.25, 0.3) is 5.91 Å². The lowest BCUT2D eigenvalue weighted by molar-refractivity contribution is -0.137. The van der Waals surface area contributed by atoms with Gasteiger partial charge < -0.3 is 20.4 Å². The number of hydrogen-bond donors (Lipinski definition) is 2. The molecule has 38 heavy (non-hydrogen) atoms. The van der Waals surface area contributed by atoms with E-state index in [0.717, 1.165) is 12.1 Å². The minimum atomic E-state index is -4.43. The number of carbonyl (C=O) groups is 3. The van der Waals surface area contributed by atoms with Crippen molar-refractivity contribution < 1.29 is 27.6 Å². The lowest BCUT2D eigenvalue weighted by Gasteiger charge is -2.31. The summed E-state index contributed by atoms with van der Waals surface area (Å²) >= 11 is 0. The Balaban J connectivity index is 1.47. The normalized spacial score (nSPS) is 21.5. The van der Waals surface area contributed by atoms with E-state index in [2.05, 4.69) is 10.6 Å². The summed E-state index contributed by atoms with van der Waals surface area (Å²) in [5.74, 6) is -0.385. The molecule has 204 valence electrons. The van der Waals surface area contributed by atoms with E-state index in [1.807, 2.05) is 18.2 Å². The maximum atomic E-state index is 13.4. The van der Waals surface area contributed by atoms with Crippen LogP contribution in [-0.4, -0.2) is 72.3 Å². The van der Waals surface area contributed by atoms with Gasteiger partial charge in [-0.1, -0.05) is 30.3 Å². The third-order valence-corrected chi connectivity index (χ3v) is 7.12. The molecule has 2 saturated heterocycles. The fourth-order valence-electron chi connectivity index (χ4n) is 5.00. The highest BCUT2D eigenvalue weighted by molar-refractivity contribution is 5.94. The Morgan fingerprint density at radius 1 is 0.921 bits per heavy atom. The third-order valence-electron chi connectivity index (χ3n) is 7.12. The lowest BCUT2D eigenvalue weighted by atomic mass is 10.1. The van der Waals surface area contributed by atoms with Gasteiger partial charge in [-0.2, -0.15) is 13.2 Å². The Labute approximate surface area is 220 Å². The van der Waals surface area contributed by atoms with E-state index in [1.54, 1.807) is 21.9 Å². The van der Waals surface area contributed by atoms with Gasteiger partial charge in [-0.05, 0) is 55.5 Å². The van der Waals surface area contributed by atoms with Gasteiger partial charge >= 0.3 is 6.18 Å². The molecule has 0 spiro atoms. The molecule has 0 aliphatic carbocycles. The van der Waals surface area contributed by atoms with E-state index in [9.17, 15) is 27.6 Å². The van der Waals surface area contributed by atoms with E-state index >= 15 is 0 Å². The third kappa shape index (κ3) is 7.12. The number of fused-ring (bicyclic) bond motifs is 2. The molecule has 2 aromatic rings. The summed E-state index contributed by atoms with van der Waals surface area (Å²) in [5.41, 5.74) is 0.330. The molecule has 0 radical (unpaired) electrons. The van der Waals surface area contributed by atoms with Crippen molar-refractivity contribution in [2.24, 2.45) is 0 Å². The second-order valence-corrected chi connectivity index (χ2v) is 9.82. The van der Waals surface area contributed by atoms with E-state index < -0.39 is 11.7 Å². The summed E-state index contributed by atoms with van der Waals surface area (Å²) in [4.78, 5) is 42.7. The van der Waals surface area contributed by atoms with Gasteiger partial charge in [0.2, 0.25) is 11.8 Å². The van der Waals surface area contributed by atoms with Crippen molar-refractivity contribution in [1.29, 1.82) is 0 Å². The summed E-state index contributed by atoms with van der Waals surface area (Å²) in [7, 11) is 0. The fraction of sp³-hybridized carbons (Fsp3) is 0.464. The van der Waals surface area contributed by atoms with Crippen molar-refractivity contribution in [2.75, 3.05) is 32.7 Å². The summed E-state index contributed by atoms with van der Waals surface area (Å²) in [6.45, 7) is 2.29. The molecule has 2 N–H and O–H groups in total. The number of nitrogens with zero attached hydrogens (tertiary/aromatic N) is 2. The summed E-state index contributed by atoms with van der Waals surface area (Å²) < 4.78 is 38.7. The SMILES string of the molecule is O=C1NCCCCN(C(=O)Cc2ccc(C(F)(F)F)cc2)CCCN(C(=O)c2ccccc2)[C@@H]2CN[C@H]1C2. The van der Waals surface area contributed by atoms with Crippen LogP contribution in [0.15, 0.2) is 54.6 Å². The molecule has 2 aliphatic heterocycles. The van der Waals surface area contributed by atoms with Gasteiger partial charge in [-0.15, -0.1) is 0 Å². The van der Waals surface area contributed by atoms with Gasteiger partial charge in [0.15, 0.2) is 0 Å². The Morgan fingerprint density at radius 2 is 1.63 bits per heavy atom. The van der Waals surface area contributed by atoms with Crippen molar-refractivity contribution in [3.05, 3.63) is 71.3 Å². The lowest BCUT2D eigenvalue weighted by Crippen LogP contribution is -2.44. The first-order chi connectivity index (χ1) is 18.2. The number of benzene rings is 2. The molecular weight excluding hydrogens is 497 g/mol. The first-order valence-corrected chi connectivity index (χ1v) is 13.0. The molecule has 0 saturated carbocycles. The minimum absolute atomic E-state index is 0.00421. The van der Waals surface area contributed by atoms with Crippen LogP contribution in [0.4, 0.5) is 13.2 Å². The molecule has 2 fully saturated rings. The van der Waals surface area contributed by atoms with Gasteiger partial charge in [-0.25, -0.2) is 0 Å². The van der Waals surface area contributed by atoms with Crippen molar-refractivity contribution in [1.82, 2.24) is 20.4 Å². The molecule has 0 unspecified atom stereocenters. The van der Waals surface area contributed by atoms with Crippen molar-refractivity contribution in [2.45, 2.75) is 50.4 Å². The van der Waals surface area contributed by atoms with Crippen molar-refractivity contribution in [3.8, 4) is 0 Å². The Bertz CT molecular complexity index is 1110. The largest absolute Gasteiger partial charge is 0.416 e. The number of halogens is 3. The molecule has 7 nitrogen and oxygen atoms in total. The fourth-order valence-corrected chi connectivity index (χ4v) is 5.00. The molecule has 0 aromatic heterocycles. The van der Waals surface area contributed by atoms with Gasteiger partial charge in [-0.3, -0.25) is 14.4 Å². The maximum Gasteiger partial charge on any atom is 0.416 e. The molecule has 3 amide bonds. The quantitative estimate of drug-likeness (QED) is 0.639. The number of amides is 3. The van der Waals surface area contributed by atoms with Crippen LogP contribution in [-0.2, 0) is 22.2 Å². The number of alkyl halides is 3. The predicted molar refractivity (Wildman–Crippen MR) is 136 cm³/mol. The highest BCUT2D eigenvalue weighted by atomic mass is 19.4. The first-order valence-electron chi connectivity index (χ1n) is 13.0. The second kappa shape index (κ2) is 12.4. The average molecular weight is 531 g/mol. The van der Waals surface area contributed by atoms with E-state index in [-0.39, 0.29) is 36.2 Å². The molecule has 2 bridgehead atoms. The zero-order chi connectivity index (χ0) is 27.1. The molecule has 2 atom stereocenters. The monoisotopic (exact) mass is 530 g/mol. The highest BCUT2D eigenvalue weighted by Crippen LogP contribution is 2.29. The topological polar surface area (TPSA) is 81.8 Å². The van der Waals surface area contributed by atoms with Gasteiger partial charge in [0, 0.05) is 44.3 Å². The van der Waals surface area contributed by atoms with E-state index in [0.29, 0.717) is 69.5 Å².